The van der Waals surface area contributed by atoms with Crippen LogP contribution in [0.25, 0.3) is 0 Å². The molecule has 2 rings (SSSR count). The van der Waals surface area contributed by atoms with Crippen LogP contribution >= 0.6 is 0 Å². The zero-order valence-corrected chi connectivity index (χ0v) is 20.9. The van der Waals surface area contributed by atoms with Crippen molar-refractivity contribution < 1.29 is 29.7 Å². The second-order valence-corrected chi connectivity index (χ2v) is 9.97. The highest BCUT2D eigenvalue weighted by Crippen LogP contribution is 2.38. The summed E-state index contributed by atoms with van der Waals surface area (Å²) < 4.78 is 0. The van der Waals surface area contributed by atoms with E-state index in [-0.39, 0.29) is 22.1 Å². The summed E-state index contributed by atoms with van der Waals surface area (Å²) in [6.07, 6.45) is 0.512. The van der Waals surface area contributed by atoms with Crippen molar-refractivity contribution >= 4 is 37.0 Å². The Morgan fingerprint density at radius 3 is 1.68 bits per heavy atom. The van der Waals surface area contributed by atoms with E-state index in [0.29, 0.717) is 17.5 Å². The van der Waals surface area contributed by atoms with Crippen molar-refractivity contribution in [2.24, 2.45) is 5.41 Å². The third-order valence-electron chi connectivity index (χ3n) is 6.52. The molecule has 0 aliphatic rings. The van der Waals surface area contributed by atoms with Crippen molar-refractivity contribution in [2.45, 2.75) is 60.4 Å². The minimum atomic E-state index is -1.75. The number of hydrazine groups is 1. The molecule has 0 saturated carbocycles. The van der Waals surface area contributed by atoms with Crippen molar-refractivity contribution in [2.75, 3.05) is 0 Å². The Morgan fingerprint density at radius 1 is 0.824 bits per heavy atom. The van der Waals surface area contributed by atoms with Crippen LogP contribution in [0.5, 0.6) is 0 Å². The minimum Gasteiger partial charge on any atom is -0.423 e. The van der Waals surface area contributed by atoms with Crippen molar-refractivity contribution in [3.63, 3.8) is 0 Å². The largest absolute Gasteiger partial charge is 0.488 e. The van der Waals surface area contributed by atoms with Gasteiger partial charge >= 0.3 is 14.2 Å². The summed E-state index contributed by atoms with van der Waals surface area (Å²) in [4.78, 5) is 27.1. The topological polar surface area (TPSA) is 130 Å². The van der Waals surface area contributed by atoms with Crippen LogP contribution in [0, 0.1) is 19.3 Å². The molecule has 0 fully saturated rings. The Morgan fingerprint density at radius 2 is 1.26 bits per heavy atom. The molecule has 0 saturated heterocycles. The second-order valence-electron chi connectivity index (χ2n) is 9.97. The van der Waals surface area contributed by atoms with E-state index >= 15 is 0 Å². The molecular weight excluding hydrogens is 434 g/mol. The standard InChI is InChI=1S/C24H34B2N2O6/c1-8-24(7,23(4,5)6)28(22(30)18-10-16(3)12-20(14-18)26(33)34)27-21(29)17-9-15(2)11-19(13-17)25(31)32/h9-14,31-34H,8H2,1-7H3,(H,27,29)/t24-/m1/s1. The molecule has 0 spiro atoms. The first kappa shape index (κ1) is 27.6. The van der Waals surface area contributed by atoms with Crippen LogP contribution in [0.2, 0.25) is 0 Å². The van der Waals surface area contributed by atoms with Crippen LogP contribution in [0.4, 0.5) is 0 Å². The predicted octanol–water partition coefficient (Wildman–Crippen LogP) is 0.665. The molecule has 10 heteroatoms. The maximum atomic E-state index is 13.8. The highest BCUT2D eigenvalue weighted by Gasteiger charge is 2.45. The lowest BCUT2D eigenvalue weighted by molar-refractivity contribution is -0.0166. The van der Waals surface area contributed by atoms with E-state index in [1.54, 1.807) is 38.1 Å². The van der Waals surface area contributed by atoms with Gasteiger partial charge in [-0.2, -0.15) is 0 Å². The van der Waals surface area contributed by atoms with Gasteiger partial charge in [0.1, 0.15) is 0 Å². The predicted molar refractivity (Wildman–Crippen MR) is 134 cm³/mol. The van der Waals surface area contributed by atoms with E-state index in [2.05, 4.69) is 5.43 Å². The fraction of sp³-hybridized carbons (Fsp3) is 0.417. The Balaban J connectivity index is 2.60. The molecule has 0 heterocycles. The van der Waals surface area contributed by atoms with Gasteiger partial charge in [-0.15, -0.1) is 0 Å². The average Bonchev–Trinajstić information content (AvgIpc) is 2.74. The molecule has 0 aromatic heterocycles. The number of nitrogens with zero attached hydrogens (tertiary/aromatic N) is 1. The van der Waals surface area contributed by atoms with Gasteiger partial charge in [-0.05, 0) is 67.8 Å². The molecule has 5 N–H and O–H groups in total. The van der Waals surface area contributed by atoms with Gasteiger partial charge in [-0.3, -0.25) is 15.0 Å². The third kappa shape index (κ3) is 5.88. The van der Waals surface area contributed by atoms with Crippen molar-refractivity contribution in [1.82, 2.24) is 10.4 Å². The van der Waals surface area contributed by atoms with Crippen molar-refractivity contribution in [3.05, 3.63) is 58.7 Å². The van der Waals surface area contributed by atoms with E-state index in [0.717, 1.165) is 0 Å². The lowest BCUT2D eigenvalue weighted by Gasteiger charge is -2.49. The first-order valence-electron chi connectivity index (χ1n) is 11.2. The van der Waals surface area contributed by atoms with Crippen LogP contribution < -0.4 is 16.4 Å². The first-order valence-corrected chi connectivity index (χ1v) is 11.2. The van der Waals surface area contributed by atoms with Gasteiger partial charge < -0.3 is 20.1 Å². The van der Waals surface area contributed by atoms with E-state index in [9.17, 15) is 29.7 Å². The van der Waals surface area contributed by atoms with Crippen LogP contribution in [0.15, 0.2) is 36.4 Å². The fourth-order valence-electron chi connectivity index (χ4n) is 3.90. The summed E-state index contributed by atoms with van der Waals surface area (Å²) in [6.45, 7) is 13.2. The number of carbonyl (C=O) groups excluding carboxylic acids is 2. The molecule has 0 bridgehead atoms. The van der Waals surface area contributed by atoms with Crippen LogP contribution in [-0.4, -0.2) is 56.7 Å². The average molecular weight is 468 g/mol. The molecule has 1 atom stereocenters. The van der Waals surface area contributed by atoms with Gasteiger partial charge in [0.05, 0.1) is 5.54 Å². The Labute approximate surface area is 201 Å². The van der Waals surface area contributed by atoms with Gasteiger partial charge in [0.15, 0.2) is 0 Å². The monoisotopic (exact) mass is 468 g/mol. The van der Waals surface area contributed by atoms with Crippen molar-refractivity contribution in [3.8, 4) is 0 Å². The molecule has 0 radical (unpaired) electrons. The molecule has 0 aliphatic heterocycles. The lowest BCUT2D eigenvalue weighted by atomic mass is 9.72. The summed E-state index contributed by atoms with van der Waals surface area (Å²) in [6, 6.07) is 9.11. The molecule has 2 aromatic rings. The summed E-state index contributed by atoms with van der Waals surface area (Å²) >= 11 is 0. The van der Waals surface area contributed by atoms with E-state index in [1.165, 1.54) is 17.1 Å². The number of hydrogen-bond donors (Lipinski definition) is 5. The summed E-state index contributed by atoms with van der Waals surface area (Å²) in [7, 11) is -3.49. The molecule has 2 aromatic carbocycles. The highest BCUT2D eigenvalue weighted by molar-refractivity contribution is 6.59. The van der Waals surface area contributed by atoms with Crippen LogP contribution in [0.1, 0.15) is 72.9 Å². The maximum Gasteiger partial charge on any atom is 0.488 e. The van der Waals surface area contributed by atoms with Gasteiger partial charge in [-0.1, -0.05) is 51.0 Å². The molecule has 2 amide bonds. The molecule has 0 aliphatic carbocycles. The fourth-order valence-corrected chi connectivity index (χ4v) is 3.90. The smallest absolute Gasteiger partial charge is 0.423 e. The number of carbonyl (C=O) groups is 2. The SMILES string of the molecule is CC[C@@](C)(N(NC(=O)c1cc(C)cc(B(O)O)c1)C(=O)c1cc(C)cc(B(O)O)c1)C(C)(C)C. The van der Waals surface area contributed by atoms with Gasteiger partial charge in [0.25, 0.3) is 11.8 Å². The first-order chi connectivity index (χ1) is 15.6. The second kappa shape index (κ2) is 10.3. The van der Waals surface area contributed by atoms with Crippen molar-refractivity contribution in [1.29, 1.82) is 0 Å². The number of benzene rings is 2. The van der Waals surface area contributed by atoms with Gasteiger partial charge in [-0.25, -0.2) is 5.01 Å². The zero-order chi connectivity index (χ0) is 26.0. The Kier molecular flexibility index (Phi) is 8.37. The summed E-state index contributed by atoms with van der Waals surface area (Å²) in [5, 5.41) is 39.7. The number of hydrogen-bond acceptors (Lipinski definition) is 6. The van der Waals surface area contributed by atoms with E-state index < -0.39 is 37.0 Å². The van der Waals surface area contributed by atoms with E-state index in [4.69, 9.17) is 0 Å². The zero-order valence-electron chi connectivity index (χ0n) is 20.9. The lowest BCUT2D eigenvalue weighted by Crippen LogP contribution is -2.63. The third-order valence-corrected chi connectivity index (χ3v) is 6.52. The quantitative estimate of drug-likeness (QED) is 0.313. The molecule has 8 nitrogen and oxygen atoms in total. The van der Waals surface area contributed by atoms with E-state index in [1.807, 2.05) is 34.6 Å². The Hall–Kier alpha value is -2.65. The van der Waals surface area contributed by atoms with Crippen LogP contribution in [0.3, 0.4) is 0 Å². The number of nitrogens with one attached hydrogen (secondary N) is 1. The minimum absolute atomic E-state index is 0.164. The van der Waals surface area contributed by atoms with Gasteiger partial charge in [0.2, 0.25) is 0 Å². The summed E-state index contributed by atoms with van der Waals surface area (Å²) in [5.41, 5.74) is 3.49. The summed E-state index contributed by atoms with van der Waals surface area (Å²) in [5.74, 6) is -1.09. The normalized spacial score (nSPS) is 13.1. The van der Waals surface area contributed by atoms with Crippen LogP contribution in [-0.2, 0) is 0 Å². The Bertz CT molecular complexity index is 1070. The highest BCUT2D eigenvalue weighted by atomic mass is 16.4. The molecule has 34 heavy (non-hydrogen) atoms. The number of aryl methyl sites for hydroxylation is 2. The molecule has 0 unspecified atom stereocenters. The molecule has 182 valence electrons. The van der Waals surface area contributed by atoms with Gasteiger partial charge in [0, 0.05) is 11.1 Å². The molecular formula is C24H34B2N2O6. The maximum absolute atomic E-state index is 13.8. The number of rotatable bonds is 6. The number of amides is 2.